The van der Waals surface area contributed by atoms with Gasteiger partial charge < -0.3 is 5.32 Å². The van der Waals surface area contributed by atoms with Crippen molar-refractivity contribution in [2.24, 2.45) is 11.3 Å². The van der Waals surface area contributed by atoms with Crippen LogP contribution in [0.1, 0.15) is 34.6 Å². The highest BCUT2D eigenvalue weighted by atomic mass is 32.2. The van der Waals surface area contributed by atoms with Crippen molar-refractivity contribution in [3.05, 3.63) is 24.3 Å². The average Bonchev–Trinajstić information content (AvgIpc) is 2.35. The first kappa shape index (κ1) is 17.0. The van der Waals surface area contributed by atoms with E-state index in [0.717, 1.165) is 6.54 Å². The van der Waals surface area contributed by atoms with Crippen molar-refractivity contribution in [3.8, 4) is 0 Å². The molecule has 0 heterocycles. The van der Waals surface area contributed by atoms with Gasteiger partial charge in [-0.25, -0.2) is 13.1 Å². The monoisotopic (exact) mass is 298 g/mol. The number of sulfonamides is 1. The van der Waals surface area contributed by atoms with Crippen LogP contribution in [0.25, 0.3) is 0 Å². The van der Waals surface area contributed by atoms with Crippen molar-refractivity contribution in [1.29, 1.82) is 0 Å². The van der Waals surface area contributed by atoms with Crippen LogP contribution in [0.2, 0.25) is 0 Å². The molecule has 20 heavy (non-hydrogen) atoms. The Morgan fingerprint density at radius 2 is 1.80 bits per heavy atom. The largest absolute Gasteiger partial charge is 0.384 e. The second-order valence-corrected chi connectivity index (χ2v) is 7.88. The molecule has 0 aliphatic rings. The van der Waals surface area contributed by atoms with E-state index in [1.165, 1.54) is 0 Å². The third-order valence-corrected chi connectivity index (χ3v) is 5.19. The molecule has 1 aromatic rings. The Morgan fingerprint density at radius 1 is 1.20 bits per heavy atom. The van der Waals surface area contributed by atoms with E-state index >= 15 is 0 Å². The van der Waals surface area contributed by atoms with Crippen molar-refractivity contribution in [2.75, 3.05) is 18.4 Å². The van der Waals surface area contributed by atoms with Crippen LogP contribution < -0.4 is 10.0 Å². The highest BCUT2D eigenvalue weighted by Crippen LogP contribution is 2.27. The van der Waals surface area contributed by atoms with Gasteiger partial charge in [0.05, 0.1) is 5.69 Å². The molecule has 0 fully saturated rings. The molecule has 0 amide bonds. The molecule has 1 rings (SSSR count). The third kappa shape index (κ3) is 4.49. The van der Waals surface area contributed by atoms with Gasteiger partial charge in [-0.2, -0.15) is 0 Å². The topological polar surface area (TPSA) is 58.2 Å². The summed E-state index contributed by atoms with van der Waals surface area (Å²) in [6.45, 7) is 11.6. The Hall–Kier alpha value is -1.07. The maximum absolute atomic E-state index is 12.1. The summed E-state index contributed by atoms with van der Waals surface area (Å²) < 4.78 is 26.8. The number of benzene rings is 1. The molecule has 1 unspecified atom stereocenters. The number of hydrogen-bond acceptors (Lipinski definition) is 3. The smallest absolute Gasteiger partial charge is 0.242 e. The van der Waals surface area contributed by atoms with Gasteiger partial charge >= 0.3 is 0 Å². The minimum absolute atomic E-state index is 0.183. The Bertz CT molecular complexity index is 533. The van der Waals surface area contributed by atoms with E-state index in [-0.39, 0.29) is 5.41 Å². The molecule has 2 N–H and O–H groups in total. The summed E-state index contributed by atoms with van der Waals surface area (Å²) in [7, 11) is -3.44. The van der Waals surface area contributed by atoms with E-state index in [1.54, 1.807) is 25.1 Å². The lowest BCUT2D eigenvalue weighted by Gasteiger charge is -2.28. The molecule has 0 aromatic heterocycles. The lowest BCUT2D eigenvalue weighted by atomic mass is 9.82. The van der Waals surface area contributed by atoms with Crippen molar-refractivity contribution in [2.45, 2.75) is 39.5 Å². The zero-order valence-electron chi connectivity index (χ0n) is 13.0. The first-order chi connectivity index (χ1) is 9.18. The fourth-order valence-corrected chi connectivity index (χ4v) is 2.91. The number of hydrogen-bond donors (Lipinski definition) is 2. The maximum Gasteiger partial charge on any atom is 0.242 e. The van der Waals surface area contributed by atoms with Crippen LogP contribution in [0.5, 0.6) is 0 Å². The number of para-hydroxylation sites is 1. The normalized spacial score (nSPS) is 14.1. The molecule has 114 valence electrons. The number of rotatable bonds is 6. The SMILES string of the molecule is CCNS(=O)(=O)c1ccccc1NCC(C)C(C)(C)C. The predicted molar refractivity (Wildman–Crippen MR) is 84.4 cm³/mol. The highest BCUT2D eigenvalue weighted by molar-refractivity contribution is 7.89. The molecule has 0 spiro atoms. The lowest BCUT2D eigenvalue weighted by molar-refractivity contribution is 0.274. The molecule has 1 aromatic carbocycles. The van der Waals surface area contributed by atoms with Crippen LogP contribution >= 0.6 is 0 Å². The minimum Gasteiger partial charge on any atom is -0.384 e. The van der Waals surface area contributed by atoms with E-state index in [9.17, 15) is 8.42 Å². The Morgan fingerprint density at radius 3 is 2.35 bits per heavy atom. The van der Waals surface area contributed by atoms with Gasteiger partial charge in [0, 0.05) is 13.1 Å². The molecule has 0 aliphatic heterocycles. The summed E-state index contributed by atoms with van der Waals surface area (Å²) in [6.07, 6.45) is 0. The highest BCUT2D eigenvalue weighted by Gasteiger charge is 2.21. The molecular weight excluding hydrogens is 272 g/mol. The van der Waals surface area contributed by atoms with E-state index in [4.69, 9.17) is 0 Å². The zero-order valence-corrected chi connectivity index (χ0v) is 13.8. The van der Waals surface area contributed by atoms with Crippen LogP contribution in [0.15, 0.2) is 29.2 Å². The molecule has 1 atom stereocenters. The Labute approximate surface area is 123 Å². The number of nitrogens with one attached hydrogen (secondary N) is 2. The minimum atomic E-state index is -3.44. The zero-order chi connectivity index (χ0) is 15.4. The molecule has 0 saturated carbocycles. The van der Waals surface area contributed by atoms with Crippen molar-refractivity contribution in [1.82, 2.24) is 4.72 Å². The van der Waals surface area contributed by atoms with Crippen molar-refractivity contribution < 1.29 is 8.42 Å². The Kier molecular flexibility index (Phi) is 5.59. The second kappa shape index (κ2) is 6.59. The first-order valence-electron chi connectivity index (χ1n) is 7.01. The Balaban J connectivity index is 2.93. The van der Waals surface area contributed by atoms with Crippen LogP contribution in [0, 0.1) is 11.3 Å². The molecule has 5 heteroatoms. The lowest BCUT2D eigenvalue weighted by Crippen LogP contribution is -2.27. The quantitative estimate of drug-likeness (QED) is 0.848. The van der Waals surface area contributed by atoms with Crippen LogP contribution in [0.3, 0.4) is 0 Å². The van der Waals surface area contributed by atoms with Crippen LogP contribution in [-0.4, -0.2) is 21.5 Å². The van der Waals surface area contributed by atoms with Crippen LogP contribution in [-0.2, 0) is 10.0 Å². The summed E-state index contributed by atoms with van der Waals surface area (Å²) in [5, 5.41) is 3.26. The van der Waals surface area contributed by atoms with E-state index in [1.807, 2.05) is 6.07 Å². The average molecular weight is 298 g/mol. The fourth-order valence-electron chi connectivity index (χ4n) is 1.68. The van der Waals surface area contributed by atoms with E-state index in [2.05, 4.69) is 37.7 Å². The van der Waals surface area contributed by atoms with Gasteiger partial charge in [0.25, 0.3) is 0 Å². The summed E-state index contributed by atoms with van der Waals surface area (Å²) in [5.41, 5.74) is 0.840. The predicted octanol–water partition coefficient (Wildman–Crippen LogP) is 3.08. The van der Waals surface area contributed by atoms with Crippen molar-refractivity contribution >= 4 is 15.7 Å². The summed E-state index contributed by atoms with van der Waals surface area (Å²) in [6, 6.07) is 7.01. The summed E-state index contributed by atoms with van der Waals surface area (Å²) in [5.74, 6) is 0.428. The van der Waals surface area contributed by atoms with Gasteiger partial charge in [0.1, 0.15) is 4.90 Å². The molecule has 0 bridgehead atoms. The van der Waals surface area contributed by atoms with E-state index in [0.29, 0.717) is 23.0 Å². The maximum atomic E-state index is 12.1. The van der Waals surface area contributed by atoms with E-state index < -0.39 is 10.0 Å². The molecule has 0 saturated heterocycles. The van der Waals surface area contributed by atoms with Gasteiger partial charge in [0.2, 0.25) is 10.0 Å². The fraction of sp³-hybridized carbons (Fsp3) is 0.600. The summed E-state index contributed by atoms with van der Waals surface area (Å²) >= 11 is 0. The molecule has 0 radical (unpaired) electrons. The first-order valence-corrected chi connectivity index (χ1v) is 8.49. The van der Waals surface area contributed by atoms with Gasteiger partial charge in [-0.1, -0.05) is 46.8 Å². The van der Waals surface area contributed by atoms with Gasteiger partial charge in [-0.15, -0.1) is 0 Å². The van der Waals surface area contributed by atoms with Crippen LogP contribution in [0.4, 0.5) is 5.69 Å². The third-order valence-electron chi connectivity index (χ3n) is 3.59. The standard InChI is InChI=1S/C15H26N2O2S/c1-6-17-20(18,19)14-10-8-7-9-13(14)16-11-12(2)15(3,4)5/h7-10,12,16-17H,6,11H2,1-5H3. The molecular formula is C15H26N2O2S. The molecule has 4 nitrogen and oxygen atoms in total. The van der Waals surface area contributed by atoms with Gasteiger partial charge in [0.15, 0.2) is 0 Å². The van der Waals surface area contributed by atoms with Gasteiger partial charge in [-0.05, 0) is 23.5 Å². The number of anilines is 1. The van der Waals surface area contributed by atoms with Crippen molar-refractivity contribution in [3.63, 3.8) is 0 Å². The molecule has 0 aliphatic carbocycles. The van der Waals surface area contributed by atoms with Gasteiger partial charge in [-0.3, -0.25) is 0 Å². The second-order valence-electron chi connectivity index (χ2n) is 6.15. The summed E-state index contributed by atoms with van der Waals surface area (Å²) in [4.78, 5) is 0.308.